The number of aliphatic imine (C=N–C) groups is 1. The number of unbranched alkanes of at least 4 members (excludes halogenated alkanes) is 2. The number of para-hydroxylation sites is 1. The maximum Gasteiger partial charge on any atom is 0.200 e. The molecule has 0 bridgehead atoms. The number of hydrogen-bond donors (Lipinski definition) is 1. The molecule has 2 aromatic heterocycles. The predicted molar refractivity (Wildman–Crippen MR) is 169 cm³/mol. The molecule has 3 heterocycles. The highest BCUT2D eigenvalue weighted by molar-refractivity contribution is 7.26. The molecule has 0 amide bonds. The van der Waals surface area contributed by atoms with Gasteiger partial charge < -0.3 is 19.8 Å². The Balaban J connectivity index is 1.44. The van der Waals surface area contributed by atoms with Crippen molar-refractivity contribution in [2.24, 2.45) is 10.7 Å². The smallest absolute Gasteiger partial charge is 0.200 e. The summed E-state index contributed by atoms with van der Waals surface area (Å²) in [4.78, 5) is 19.8. The molecule has 40 heavy (non-hydrogen) atoms. The number of nitrogens with zero attached hydrogens (tertiary/aromatic N) is 2. The van der Waals surface area contributed by atoms with E-state index in [9.17, 15) is 4.79 Å². The minimum atomic E-state index is -0.0322. The summed E-state index contributed by atoms with van der Waals surface area (Å²) in [5.74, 6) is 0.596. The zero-order valence-electron chi connectivity index (χ0n) is 22.7. The second kappa shape index (κ2) is 11.7. The molecule has 0 atom stereocenters. The predicted octanol–water partition coefficient (Wildman–Crippen LogP) is 7.23. The molecule has 0 spiro atoms. The fourth-order valence-electron chi connectivity index (χ4n) is 5.34. The van der Waals surface area contributed by atoms with E-state index in [0.717, 1.165) is 39.9 Å². The summed E-state index contributed by atoms with van der Waals surface area (Å²) in [6.07, 6.45) is 6.97. The van der Waals surface area contributed by atoms with Crippen molar-refractivity contribution >= 4 is 60.2 Å². The van der Waals surface area contributed by atoms with Crippen molar-refractivity contribution in [3.8, 4) is 11.1 Å². The zero-order valence-corrected chi connectivity index (χ0v) is 23.5. The van der Waals surface area contributed by atoms with Crippen LogP contribution in [0.3, 0.4) is 0 Å². The molecule has 204 valence electrons. The molecule has 1 aliphatic rings. The van der Waals surface area contributed by atoms with Crippen LogP contribution < -0.4 is 16.1 Å². The lowest BCUT2D eigenvalue weighted by Gasteiger charge is -2.27. The van der Waals surface area contributed by atoms with Crippen LogP contribution in [0.15, 0.2) is 81.1 Å². The van der Waals surface area contributed by atoms with Gasteiger partial charge in [0.15, 0.2) is 11.3 Å². The summed E-state index contributed by atoms with van der Waals surface area (Å²) in [5.41, 5.74) is 10.5. The van der Waals surface area contributed by atoms with Crippen LogP contribution in [0.5, 0.6) is 0 Å². The lowest BCUT2D eigenvalue weighted by molar-refractivity contribution is 0.121. The SMILES string of the molecule is CCCCCN=C/C(=C\N)c1ccc2sc3c(-c4cccc5c(=O)cc(N6CCOCC6)oc45)cccc3c2c1. The molecule has 5 aromatic rings. The van der Waals surface area contributed by atoms with E-state index < -0.39 is 0 Å². The molecular weight excluding hydrogens is 518 g/mol. The third-order valence-corrected chi connectivity index (χ3v) is 8.71. The number of morpholine rings is 1. The summed E-state index contributed by atoms with van der Waals surface area (Å²) in [5, 5.41) is 2.93. The summed E-state index contributed by atoms with van der Waals surface area (Å²) >= 11 is 1.75. The number of hydrogen-bond acceptors (Lipinski definition) is 7. The summed E-state index contributed by atoms with van der Waals surface area (Å²) in [7, 11) is 0. The van der Waals surface area contributed by atoms with E-state index in [1.165, 1.54) is 28.3 Å². The Hall–Kier alpha value is -3.94. The molecule has 6 rings (SSSR count). The third kappa shape index (κ3) is 5.03. The van der Waals surface area contributed by atoms with Crippen LogP contribution in [-0.4, -0.2) is 39.1 Å². The molecule has 0 saturated carbocycles. The lowest BCUT2D eigenvalue weighted by Crippen LogP contribution is -2.36. The number of ether oxygens (including phenoxy) is 1. The van der Waals surface area contributed by atoms with Gasteiger partial charge in [0.05, 0.1) is 18.6 Å². The van der Waals surface area contributed by atoms with Crippen LogP contribution in [0.2, 0.25) is 0 Å². The van der Waals surface area contributed by atoms with Crippen LogP contribution >= 0.6 is 11.3 Å². The number of nitrogens with two attached hydrogens (primary N) is 1. The van der Waals surface area contributed by atoms with Gasteiger partial charge in [-0.2, -0.15) is 0 Å². The Morgan fingerprint density at radius 2 is 1.80 bits per heavy atom. The number of thiophene rings is 1. The lowest BCUT2D eigenvalue weighted by atomic mass is 9.99. The van der Waals surface area contributed by atoms with Crippen LogP contribution in [0.1, 0.15) is 31.7 Å². The maximum atomic E-state index is 13.1. The Kier molecular flexibility index (Phi) is 7.66. The van der Waals surface area contributed by atoms with Gasteiger partial charge in [-0.15, -0.1) is 11.3 Å². The first-order valence-electron chi connectivity index (χ1n) is 13.9. The number of benzene rings is 3. The fraction of sp³-hybridized carbons (Fsp3) is 0.273. The first kappa shape index (κ1) is 26.3. The van der Waals surface area contributed by atoms with E-state index >= 15 is 0 Å². The molecule has 3 aromatic carbocycles. The van der Waals surface area contributed by atoms with Gasteiger partial charge in [-0.25, -0.2) is 0 Å². The summed E-state index contributed by atoms with van der Waals surface area (Å²) < 4.78 is 14.3. The van der Waals surface area contributed by atoms with Gasteiger partial charge in [0, 0.05) is 75.0 Å². The number of rotatable bonds is 8. The number of fused-ring (bicyclic) bond motifs is 4. The number of anilines is 1. The van der Waals surface area contributed by atoms with Crippen molar-refractivity contribution in [2.45, 2.75) is 26.2 Å². The molecule has 2 N–H and O–H groups in total. The standard InChI is InChI=1S/C33H33N3O3S/c1-2-3-4-13-35-21-23(20-34)22-11-12-30-28(18-22)26-9-6-8-25(33(26)40-30)24-7-5-10-27-29(37)19-31(39-32(24)27)36-14-16-38-17-15-36/h5-12,18-21H,2-4,13-17,34H2,1H3/b23-20+,35-21?. The second-order valence-electron chi connectivity index (χ2n) is 10.1. The van der Waals surface area contributed by atoms with E-state index in [2.05, 4.69) is 53.2 Å². The van der Waals surface area contributed by atoms with E-state index in [4.69, 9.17) is 14.9 Å². The highest BCUT2D eigenvalue weighted by Gasteiger charge is 2.19. The molecule has 1 saturated heterocycles. The average Bonchev–Trinajstić information content (AvgIpc) is 3.37. The third-order valence-electron chi connectivity index (χ3n) is 7.49. The Labute approximate surface area is 237 Å². The van der Waals surface area contributed by atoms with E-state index in [0.29, 0.717) is 43.2 Å². The minimum Gasteiger partial charge on any atom is -0.440 e. The van der Waals surface area contributed by atoms with Crippen LogP contribution in [-0.2, 0) is 4.74 Å². The average molecular weight is 552 g/mol. The minimum absolute atomic E-state index is 0.0322. The van der Waals surface area contributed by atoms with Gasteiger partial charge >= 0.3 is 0 Å². The van der Waals surface area contributed by atoms with Crippen molar-refractivity contribution in [1.29, 1.82) is 0 Å². The molecule has 1 fully saturated rings. The highest BCUT2D eigenvalue weighted by atomic mass is 32.1. The van der Waals surface area contributed by atoms with Crippen molar-refractivity contribution in [3.63, 3.8) is 0 Å². The van der Waals surface area contributed by atoms with E-state index in [-0.39, 0.29) is 5.43 Å². The molecule has 0 unspecified atom stereocenters. The first-order chi connectivity index (χ1) is 19.7. The molecule has 0 aliphatic carbocycles. The van der Waals surface area contributed by atoms with Crippen molar-refractivity contribution in [1.82, 2.24) is 0 Å². The topological polar surface area (TPSA) is 81.1 Å². The molecule has 1 aliphatic heterocycles. The Bertz CT molecular complexity index is 1790. The Morgan fingerprint density at radius 3 is 2.60 bits per heavy atom. The zero-order chi connectivity index (χ0) is 27.5. The van der Waals surface area contributed by atoms with E-state index in [1.807, 2.05) is 24.4 Å². The van der Waals surface area contributed by atoms with E-state index in [1.54, 1.807) is 23.6 Å². The van der Waals surface area contributed by atoms with Gasteiger partial charge in [0.25, 0.3) is 0 Å². The molecule has 6 nitrogen and oxygen atoms in total. The van der Waals surface area contributed by atoms with Crippen LogP contribution in [0.25, 0.3) is 47.8 Å². The monoisotopic (exact) mass is 551 g/mol. The quantitative estimate of drug-likeness (QED) is 0.163. The molecule has 7 heteroatoms. The summed E-state index contributed by atoms with van der Waals surface area (Å²) in [6.45, 7) is 5.66. The molecular formula is C33H33N3O3S. The van der Waals surface area contributed by atoms with Gasteiger partial charge in [-0.05, 0) is 30.2 Å². The second-order valence-corrected chi connectivity index (χ2v) is 11.1. The van der Waals surface area contributed by atoms with Crippen molar-refractivity contribution in [2.75, 3.05) is 37.7 Å². The van der Waals surface area contributed by atoms with Gasteiger partial charge in [-0.3, -0.25) is 9.79 Å². The van der Waals surface area contributed by atoms with Crippen LogP contribution in [0, 0.1) is 0 Å². The normalized spacial score (nSPS) is 14.7. The summed E-state index contributed by atoms with van der Waals surface area (Å²) in [6, 6.07) is 20.3. The largest absolute Gasteiger partial charge is 0.440 e. The van der Waals surface area contributed by atoms with Gasteiger partial charge in [-0.1, -0.05) is 56.2 Å². The van der Waals surface area contributed by atoms with Crippen molar-refractivity contribution < 1.29 is 9.15 Å². The van der Waals surface area contributed by atoms with Gasteiger partial charge in [0.2, 0.25) is 0 Å². The maximum absolute atomic E-state index is 13.1. The fourth-order valence-corrected chi connectivity index (χ4v) is 6.55. The van der Waals surface area contributed by atoms with Crippen molar-refractivity contribution in [3.05, 3.63) is 82.7 Å². The highest BCUT2D eigenvalue weighted by Crippen LogP contribution is 2.42. The number of allylic oxidation sites excluding steroid dienone is 1. The van der Waals surface area contributed by atoms with Crippen LogP contribution in [0.4, 0.5) is 5.88 Å². The van der Waals surface area contributed by atoms with Gasteiger partial charge in [0.1, 0.15) is 5.58 Å². The molecule has 0 radical (unpaired) electrons. The first-order valence-corrected chi connectivity index (χ1v) is 14.8. The Morgan fingerprint density at radius 1 is 1.00 bits per heavy atom.